The molecule has 1 aromatic heterocycles. The summed E-state index contributed by atoms with van der Waals surface area (Å²) in [4.78, 5) is 28.9. The van der Waals surface area contributed by atoms with Crippen LogP contribution in [0.5, 0.6) is 0 Å². The molecular weight excluding hydrogens is 364 g/mol. The molecule has 4 fully saturated rings. The number of fused-ring (bicyclic) bond motifs is 2. The number of aromatic nitrogens is 2. The van der Waals surface area contributed by atoms with E-state index in [2.05, 4.69) is 15.1 Å². The van der Waals surface area contributed by atoms with Crippen LogP contribution in [0.25, 0.3) is 0 Å². The molecule has 1 saturated carbocycles. The highest BCUT2D eigenvalue weighted by Gasteiger charge is 2.54. The summed E-state index contributed by atoms with van der Waals surface area (Å²) in [5.41, 5.74) is 2.90. The van der Waals surface area contributed by atoms with Gasteiger partial charge in [-0.2, -0.15) is 0 Å². The van der Waals surface area contributed by atoms with Gasteiger partial charge in [0.05, 0.1) is 11.2 Å². The van der Waals surface area contributed by atoms with Crippen LogP contribution in [-0.2, 0) is 11.8 Å². The zero-order chi connectivity index (χ0) is 19.8. The van der Waals surface area contributed by atoms with Crippen LogP contribution in [0.15, 0.2) is 0 Å². The van der Waals surface area contributed by atoms with Gasteiger partial charge in [0.25, 0.3) is 0 Å². The number of amides is 2. The van der Waals surface area contributed by atoms with Crippen LogP contribution in [0.3, 0.4) is 0 Å². The third-order valence-electron chi connectivity index (χ3n) is 8.18. The summed E-state index contributed by atoms with van der Waals surface area (Å²) < 4.78 is 0. The molecule has 1 N–H and O–H groups in total. The van der Waals surface area contributed by atoms with E-state index in [1.54, 1.807) is 0 Å². The Hall–Kier alpha value is -1.89. The Kier molecular flexibility index (Phi) is 3.75. The number of piperidine rings is 1. The van der Waals surface area contributed by atoms with Crippen LogP contribution in [0, 0.1) is 12.8 Å². The number of nitrogens with one attached hydrogen (secondary N) is 1. The smallest absolute Gasteiger partial charge is 0.317 e. The van der Waals surface area contributed by atoms with Crippen molar-refractivity contribution in [1.29, 1.82) is 0 Å². The lowest BCUT2D eigenvalue weighted by molar-refractivity contribution is 0.138. The average molecular weight is 397 g/mol. The first-order valence-corrected chi connectivity index (χ1v) is 11.4. The Morgan fingerprint density at radius 3 is 2.72 bits per heavy atom. The van der Waals surface area contributed by atoms with Crippen molar-refractivity contribution in [3.05, 3.63) is 17.1 Å². The highest BCUT2D eigenvalue weighted by Crippen LogP contribution is 2.48. The van der Waals surface area contributed by atoms with Gasteiger partial charge in [0, 0.05) is 50.7 Å². The highest BCUT2D eigenvalue weighted by molar-refractivity contribution is 5.79. The molecule has 6 rings (SSSR count). The molecule has 0 bridgehead atoms. The first-order valence-electron chi connectivity index (χ1n) is 11.4. The molecule has 0 radical (unpaired) electrons. The summed E-state index contributed by atoms with van der Waals surface area (Å²) in [5.74, 6) is 2.99. The molecule has 29 heavy (non-hydrogen) atoms. The summed E-state index contributed by atoms with van der Waals surface area (Å²) in [6.07, 6.45) is 7.71. The maximum absolute atomic E-state index is 11.9. The van der Waals surface area contributed by atoms with E-state index in [1.165, 1.54) is 63.0 Å². The van der Waals surface area contributed by atoms with Gasteiger partial charge in [-0.25, -0.2) is 14.8 Å². The van der Waals surface area contributed by atoms with Gasteiger partial charge in [-0.15, -0.1) is 0 Å². The van der Waals surface area contributed by atoms with Gasteiger partial charge >= 0.3 is 6.03 Å². The zero-order valence-corrected chi connectivity index (χ0v) is 17.7. The largest absolute Gasteiger partial charge is 0.351 e. The predicted molar refractivity (Wildman–Crippen MR) is 111 cm³/mol. The lowest BCUT2D eigenvalue weighted by atomic mass is 9.77. The lowest BCUT2D eigenvalue weighted by Crippen LogP contribution is -2.69. The van der Waals surface area contributed by atoms with Crippen LogP contribution in [0.4, 0.5) is 10.6 Å². The average Bonchev–Trinajstić information content (AvgIpc) is 3.36. The molecule has 2 spiro atoms. The van der Waals surface area contributed by atoms with Crippen molar-refractivity contribution in [2.75, 3.05) is 51.2 Å². The summed E-state index contributed by atoms with van der Waals surface area (Å²) in [6, 6.07) is 0.0469. The summed E-state index contributed by atoms with van der Waals surface area (Å²) in [6.45, 7) is 8.24. The van der Waals surface area contributed by atoms with Crippen molar-refractivity contribution < 1.29 is 4.79 Å². The molecule has 0 aromatic carbocycles. The van der Waals surface area contributed by atoms with Crippen LogP contribution in [-0.4, -0.2) is 77.7 Å². The summed E-state index contributed by atoms with van der Waals surface area (Å²) in [7, 11) is 1.92. The van der Waals surface area contributed by atoms with Crippen molar-refractivity contribution in [1.82, 2.24) is 25.1 Å². The number of rotatable bonds is 3. The van der Waals surface area contributed by atoms with Gasteiger partial charge in [0.1, 0.15) is 11.6 Å². The molecule has 2 aliphatic carbocycles. The molecule has 1 atom stereocenters. The fraction of sp³-hybridized carbons (Fsp3) is 0.773. The van der Waals surface area contributed by atoms with E-state index in [9.17, 15) is 4.79 Å². The van der Waals surface area contributed by atoms with Gasteiger partial charge in [-0.05, 0) is 57.9 Å². The molecular formula is C22H32N6O. The van der Waals surface area contributed by atoms with Crippen LogP contribution < -0.4 is 10.2 Å². The number of urea groups is 1. The number of carbonyl (C=O) groups is 1. The maximum atomic E-state index is 11.9. The number of likely N-dealkylation sites (N-methyl/N-ethyl adjacent to an activating group) is 1. The fourth-order valence-electron chi connectivity index (χ4n) is 6.27. The van der Waals surface area contributed by atoms with Crippen LogP contribution in [0.1, 0.15) is 49.2 Å². The SMILES string of the molecule is Cc1nc(N2CC3(CNC(=O)N3C)C2)c2c(n1)C1(CCCN(CC3CC3)C1)CC2. The number of likely N-dealkylation sites (tertiary alicyclic amines) is 1. The number of nitrogens with zero attached hydrogens (tertiary/aromatic N) is 5. The molecule has 1 unspecified atom stereocenters. The monoisotopic (exact) mass is 396 g/mol. The van der Waals surface area contributed by atoms with Crippen molar-refractivity contribution in [2.45, 2.75) is 56.4 Å². The minimum Gasteiger partial charge on any atom is -0.351 e. The van der Waals surface area contributed by atoms with Crippen molar-refractivity contribution in [3.63, 3.8) is 0 Å². The second-order valence-electron chi connectivity index (χ2n) is 10.3. The number of hydrogen-bond donors (Lipinski definition) is 1. The molecule has 4 heterocycles. The van der Waals surface area contributed by atoms with Gasteiger partial charge in [-0.3, -0.25) is 0 Å². The molecule has 3 aliphatic heterocycles. The minimum atomic E-state index is -0.0645. The van der Waals surface area contributed by atoms with E-state index in [0.717, 1.165) is 43.6 Å². The first-order chi connectivity index (χ1) is 14.0. The highest BCUT2D eigenvalue weighted by atomic mass is 16.2. The number of carbonyl (C=O) groups excluding carboxylic acids is 1. The van der Waals surface area contributed by atoms with Crippen molar-refractivity contribution in [2.24, 2.45) is 5.92 Å². The van der Waals surface area contributed by atoms with Crippen LogP contribution >= 0.6 is 0 Å². The van der Waals surface area contributed by atoms with Crippen molar-refractivity contribution >= 4 is 11.8 Å². The van der Waals surface area contributed by atoms with E-state index in [-0.39, 0.29) is 17.0 Å². The molecule has 2 amide bonds. The second-order valence-corrected chi connectivity index (χ2v) is 10.3. The van der Waals surface area contributed by atoms with E-state index in [0.29, 0.717) is 0 Å². The van der Waals surface area contributed by atoms with Gasteiger partial charge in [-0.1, -0.05) is 0 Å². The molecule has 7 nitrogen and oxygen atoms in total. The maximum Gasteiger partial charge on any atom is 0.317 e. The van der Waals surface area contributed by atoms with Crippen LogP contribution in [0.2, 0.25) is 0 Å². The van der Waals surface area contributed by atoms with Crippen molar-refractivity contribution in [3.8, 4) is 0 Å². The van der Waals surface area contributed by atoms with E-state index >= 15 is 0 Å². The summed E-state index contributed by atoms with van der Waals surface area (Å²) in [5, 5.41) is 2.99. The molecule has 5 aliphatic rings. The quantitative estimate of drug-likeness (QED) is 0.842. The molecule has 3 saturated heterocycles. The molecule has 7 heteroatoms. The Bertz CT molecular complexity index is 861. The number of hydrogen-bond acceptors (Lipinski definition) is 5. The van der Waals surface area contributed by atoms with Gasteiger partial charge in [0.2, 0.25) is 0 Å². The summed E-state index contributed by atoms with van der Waals surface area (Å²) >= 11 is 0. The third-order valence-corrected chi connectivity index (χ3v) is 8.18. The lowest BCUT2D eigenvalue weighted by Gasteiger charge is -2.51. The first kappa shape index (κ1) is 17.9. The normalized spacial score (nSPS) is 30.8. The Labute approximate surface area is 172 Å². The minimum absolute atomic E-state index is 0.0469. The Morgan fingerprint density at radius 1 is 1.17 bits per heavy atom. The number of aryl methyl sites for hydroxylation is 1. The molecule has 156 valence electrons. The number of anilines is 1. The van der Waals surface area contributed by atoms with Gasteiger partial charge < -0.3 is 20.0 Å². The third kappa shape index (κ3) is 2.69. The zero-order valence-electron chi connectivity index (χ0n) is 17.7. The Balaban J connectivity index is 1.28. The van der Waals surface area contributed by atoms with Gasteiger partial charge in [0.15, 0.2) is 0 Å². The fourth-order valence-corrected chi connectivity index (χ4v) is 6.27. The topological polar surface area (TPSA) is 64.6 Å². The predicted octanol–water partition coefficient (Wildman–Crippen LogP) is 1.69. The Morgan fingerprint density at radius 2 is 2.00 bits per heavy atom. The van der Waals surface area contributed by atoms with E-state index in [1.807, 2.05) is 18.9 Å². The van der Waals surface area contributed by atoms with E-state index in [4.69, 9.17) is 9.97 Å². The molecule has 1 aromatic rings. The second kappa shape index (κ2) is 6.06. The standard InChI is InChI=1S/C22H32N6O/c1-15-24-18-17(6-8-21(18)7-3-9-27(12-21)10-16-4-5-16)19(25-15)28-13-22(14-28)11-23-20(29)26(22)2/h16H,3-14H2,1-2H3,(H,23,29). The van der Waals surface area contributed by atoms with E-state index < -0.39 is 0 Å².